The van der Waals surface area contributed by atoms with Gasteiger partial charge < -0.3 is 5.32 Å². The van der Waals surface area contributed by atoms with Crippen LogP contribution in [0, 0.1) is 0 Å². The van der Waals surface area contributed by atoms with Crippen molar-refractivity contribution in [2.75, 3.05) is 5.32 Å². The molecule has 3 aromatic rings. The minimum atomic E-state index is -2.56. The number of rotatable bonds is 4. The molecule has 0 saturated heterocycles. The van der Waals surface area contributed by atoms with E-state index >= 15 is 0 Å². The van der Waals surface area contributed by atoms with Crippen LogP contribution < -0.4 is 5.32 Å². The molecule has 2 saturated carbocycles. The number of nitrogens with one attached hydrogen (secondary N) is 1. The average molecular weight is 394 g/mol. The van der Waals surface area contributed by atoms with Crippen LogP contribution in [0.1, 0.15) is 60.5 Å². The Hall–Kier alpha value is -2.90. The molecule has 3 aromatic heterocycles. The maximum Gasteiger partial charge on any atom is 0.252 e. The third-order valence-corrected chi connectivity index (χ3v) is 6.00. The summed E-state index contributed by atoms with van der Waals surface area (Å²) in [5.74, 6) is -1.54. The summed E-state index contributed by atoms with van der Waals surface area (Å²) in [6.07, 6.45) is 11.6. The molecule has 0 bridgehead atoms. The molecule has 1 N–H and O–H groups in total. The first-order valence-corrected chi connectivity index (χ1v) is 10.1. The monoisotopic (exact) mass is 394 g/mol. The Morgan fingerprint density at radius 1 is 1.14 bits per heavy atom. The van der Waals surface area contributed by atoms with Crippen LogP contribution in [0.25, 0.3) is 11.2 Å². The summed E-state index contributed by atoms with van der Waals surface area (Å²) in [7, 11) is 0. The molecule has 0 spiro atoms. The maximum atomic E-state index is 13.1. The predicted octanol–water partition coefficient (Wildman–Crippen LogP) is 3.98. The van der Waals surface area contributed by atoms with E-state index in [4.69, 9.17) is 4.98 Å². The number of fused-ring (bicyclic) bond motifs is 2. The number of allylic oxidation sites excluding steroid dienone is 1. The van der Waals surface area contributed by atoms with E-state index in [1.54, 1.807) is 6.20 Å². The Balaban J connectivity index is 1.31. The predicted molar refractivity (Wildman–Crippen MR) is 104 cm³/mol. The van der Waals surface area contributed by atoms with Gasteiger partial charge in [-0.15, -0.1) is 0 Å². The molecular weight excluding hydrogens is 374 g/mol. The highest BCUT2D eigenvalue weighted by molar-refractivity contribution is 5.80. The molecule has 3 heterocycles. The Labute approximate surface area is 166 Å². The lowest BCUT2D eigenvalue weighted by Crippen LogP contribution is -2.44. The van der Waals surface area contributed by atoms with Gasteiger partial charge in [0, 0.05) is 48.0 Å². The second-order valence-electron chi connectivity index (χ2n) is 8.27. The molecule has 0 atom stereocenters. The molecule has 0 unspecified atom stereocenters. The maximum absolute atomic E-state index is 13.1. The molecule has 3 aliphatic rings. The molecule has 0 aromatic carbocycles. The van der Waals surface area contributed by atoms with E-state index in [1.807, 2.05) is 23.0 Å². The van der Waals surface area contributed by atoms with Crippen molar-refractivity contribution >= 4 is 17.2 Å². The van der Waals surface area contributed by atoms with Crippen LogP contribution in [0.4, 0.5) is 14.7 Å². The van der Waals surface area contributed by atoms with Gasteiger partial charge in [0.1, 0.15) is 0 Å². The lowest BCUT2D eigenvalue weighted by atomic mass is 9.88. The van der Waals surface area contributed by atoms with E-state index in [0.29, 0.717) is 11.9 Å². The van der Waals surface area contributed by atoms with Crippen molar-refractivity contribution in [2.24, 2.45) is 0 Å². The van der Waals surface area contributed by atoms with Gasteiger partial charge in [0.05, 0.1) is 17.6 Å². The highest BCUT2D eigenvalue weighted by Crippen LogP contribution is 2.42. The minimum absolute atomic E-state index is 0.156. The van der Waals surface area contributed by atoms with Crippen molar-refractivity contribution in [1.29, 1.82) is 0 Å². The second kappa shape index (κ2) is 6.05. The zero-order valence-corrected chi connectivity index (χ0v) is 15.8. The van der Waals surface area contributed by atoms with E-state index in [1.165, 1.54) is 18.4 Å². The summed E-state index contributed by atoms with van der Waals surface area (Å²) >= 11 is 0. The first-order valence-electron chi connectivity index (χ1n) is 10.1. The number of nitrogens with zero attached hydrogens (tertiary/aromatic N) is 5. The van der Waals surface area contributed by atoms with Gasteiger partial charge >= 0.3 is 0 Å². The number of alkyl halides is 2. The molecule has 29 heavy (non-hydrogen) atoms. The molecule has 2 fully saturated rings. The summed E-state index contributed by atoms with van der Waals surface area (Å²) < 4.78 is 28.0. The average Bonchev–Trinajstić information content (AvgIpc) is 3.44. The second-order valence-corrected chi connectivity index (χ2v) is 8.27. The molecular formula is C21H20F2N6. The van der Waals surface area contributed by atoms with Crippen LogP contribution in [-0.4, -0.2) is 36.5 Å². The van der Waals surface area contributed by atoms with Crippen molar-refractivity contribution in [1.82, 2.24) is 24.6 Å². The largest absolute Gasteiger partial charge is 0.351 e. The Kier molecular flexibility index (Phi) is 3.54. The minimum Gasteiger partial charge on any atom is -0.351 e. The molecule has 0 amide bonds. The summed E-state index contributed by atoms with van der Waals surface area (Å²) in [5, 5.41) is 7.46. The summed E-state index contributed by atoms with van der Waals surface area (Å²) in [4.78, 5) is 13.9. The molecule has 3 aliphatic carbocycles. The van der Waals surface area contributed by atoms with E-state index in [2.05, 4.69) is 26.5 Å². The van der Waals surface area contributed by atoms with Crippen molar-refractivity contribution in [3.05, 3.63) is 53.2 Å². The van der Waals surface area contributed by atoms with Gasteiger partial charge in [0.15, 0.2) is 5.65 Å². The first-order chi connectivity index (χ1) is 14.1. The molecule has 8 heteroatoms. The molecule has 6 nitrogen and oxygen atoms in total. The number of anilines is 1. The van der Waals surface area contributed by atoms with E-state index < -0.39 is 5.92 Å². The van der Waals surface area contributed by atoms with Crippen molar-refractivity contribution in [3.8, 4) is 0 Å². The topological polar surface area (TPSA) is 68.0 Å². The SMILES string of the molecule is FC1(F)CC(Nc2ncc3c(n2)CCC=C3c2ccn3ncc(C4CC4)c3n2)C1. The van der Waals surface area contributed by atoms with Gasteiger partial charge in [-0.3, -0.25) is 0 Å². The zero-order valence-electron chi connectivity index (χ0n) is 15.8. The summed E-state index contributed by atoms with van der Waals surface area (Å²) in [6, 6.07) is 1.72. The molecule has 0 radical (unpaired) electrons. The number of hydrogen-bond acceptors (Lipinski definition) is 5. The number of hydrogen-bond donors (Lipinski definition) is 1. The third-order valence-electron chi connectivity index (χ3n) is 6.00. The van der Waals surface area contributed by atoms with Gasteiger partial charge in [-0.05, 0) is 37.7 Å². The van der Waals surface area contributed by atoms with Gasteiger partial charge in [-0.2, -0.15) is 5.10 Å². The van der Waals surface area contributed by atoms with Crippen LogP contribution in [0.2, 0.25) is 0 Å². The normalized spacial score (nSPS) is 20.8. The van der Waals surface area contributed by atoms with Gasteiger partial charge in [0.25, 0.3) is 5.92 Å². The van der Waals surface area contributed by atoms with Crippen molar-refractivity contribution in [3.63, 3.8) is 0 Å². The number of aryl methyl sites for hydroxylation is 1. The summed E-state index contributed by atoms with van der Waals surface area (Å²) in [5.41, 5.74) is 5.95. The van der Waals surface area contributed by atoms with Crippen LogP contribution in [-0.2, 0) is 6.42 Å². The van der Waals surface area contributed by atoms with Gasteiger partial charge in [-0.25, -0.2) is 28.2 Å². The highest BCUT2D eigenvalue weighted by atomic mass is 19.3. The van der Waals surface area contributed by atoms with Crippen LogP contribution >= 0.6 is 0 Å². The van der Waals surface area contributed by atoms with Gasteiger partial charge in [0.2, 0.25) is 5.95 Å². The van der Waals surface area contributed by atoms with E-state index in [-0.39, 0.29) is 18.9 Å². The fourth-order valence-corrected chi connectivity index (χ4v) is 4.27. The van der Waals surface area contributed by atoms with Crippen LogP contribution in [0.15, 0.2) is 30.7 Å². The lowest BCUT2D eigenvalue weighted by Gasteiger charge is -2.35. The fourth-order valence-electron chi connectivity index (χ4n) is 4.27. The molecule has 0 aliphatic heterocycles. The van der Waals surface area contributed by atoms with E-state index in [0.717, 1.165) is 41.0 Å². The molecule has 6 rings (SSSR count). The smallest absolute Gasteiger partial charge is 0.252 e. The Morgan fingerprint density at radius 3 is 2.79 bits per heavy atom. The fraction of sp³-hybridized carbons (Fsp3) is 0.429. The van der Waals surface area contributed by atoms with Gasteiger partial charge in [-0.1, -0.05) is 6.08 Å². The molecule has 148 valence electrons. The quantitative estimate of drug-likeness (QED) is 0.725. The highest BCUT2D eigenvalue weighted by Gasteiger charge is 2.45. The van der Waals surface area contributed by atoms with Crippen LogP contribution in [0.3, 0.4) is 0 Å². The van der Waals surface area contributed by atoms with E-state index in [9.17, 15) is 8.78 Å². The first kappa shape index (κ1) is 17.0. The Morgan fingerprint density at radius 2 is 2.00 bits per heavy atom. The number of halogens is 2. The standard InChI is InChI=1S/C21H20F2N6/c22-21(23)8-13(9-21)26-20-24-10-16-14(2-1-3-17(16)28-20)18-6-7-29-19(27-18)15(11-25-29)12-4-5-12/h2,6-7,10-13H,1,3-5,8-9H2,(H,24,26,28). The number of aromatic nitrogens is 5. The summed E-state index contributed by atoms with van der Waals surface area (Å²) in [6.45, 7) is 0. The van der Waals surface area contributed by atoms with Crippen LogP contribution in [0.5, 0.6) is 0 Å². The zero-order chi connectivity index (χ0) is 19.6. The lowest BCUT2D eigenvalue weighted by molar-refractivity contribution is -0.0794. The van der Waals surface area contributed by atoms with Crippen molar-refractivity contribution < 1.29 is 8.78 Å². The Bertz CT molecular complexity index is 1140. The third kappa shape index (κ3) is 2.97. The van der Waals surface area contributed by atoms with Crippen molar-refractivity contribution in [2.45, 2.75) is 56.4 Å².